The van der Waals surface area contributed by atoms with Crippen LogP contribution in [0, 0.1) is 5.92 Å². The SMILES string of the molecule is CCC(C)Oc1ccc(-c2nc(C(=O)N3CCC(C(=O)C4=CCN(C)C=C4F)CC3)c(CN)o2)c2ccc(C(F)(F)F)nc12. The van der Waals surface area contributed by atoms with Crippen molar-refractivity contribution in [2.75, 3.05) is 26.7 Å². The average molecular weight is 616 g/mol. The summed E-state index contributed by atoms with van der Waals surface area (Å²) < 4.78 is 66.7. The fourth-order valence-corrected chi connectivity index (χ4v) is 5.29. The Hall–Kier alpha value is -4.26. The molecule has 5 rings (SSSR count). The Labute approximate surface area is 251 Å². The molecule has 1 fully saturated rings. The van der Waals surface area contributed by atoms with Gasteiger partial charge in [0.05, 0.1) is 18.2 Å². The van der Waals surface area contributed by atoms with Crippen molar-refractivity contribution in [1.29, 1.82) is 0 Å². The molecule has 1 atom stereocenters. The summed E-state index contributed by atoms with van der Waals surface area (Å²) in [5.41, 5.74) is 5.17. The number of piperidine rings is 1. The molecule has 13 heteroatoms. The number of oxazole rings is 1. The first kappa shape index (κ1) is 31.2. The molecule has 2 N–H and O–H groups in total. The molecule has 0 radical (unpaired) electrons. The number of nitrogens with two attached hydrogens (primary N) is 1. The predicted octanol–water partition coefficient (Wildman–Crippen LogP) is 5.65. The number of benzene rings is 1. The molecule has 2 aliphatic rings. The van der Waals surface area contributed by atoms with Crippen LogP contribution in [-0.2, 0) is 17.5 Å². The zero-order chi connectivity index (χ0) is 31.8. The molecule has 0 spiro atoms. The van der Waals surface area contributed by atoms with Gasteiger partial charge in [-0.3, -0.25) is 9.59 Å². The number of carbonyl (C=O) groups excluding carboxylic acids is 2. The largest absolute Gasteiger partial charge is 0.488 e. The lowest BCUT2D eigenvalue weighted by Gasteiger charge is -2.31. The molecular weight excluding hydrogens is 582 g/mol. The second-order valence-corrected chi connectivity index (χ2v) is 11.0. The fraction of sp³-hybridized carbons (Fsp3) is 0.419. The standard InChI is InChI=1S/C31H33F4N5O4/c1-4-17(2)43-23-7-5-20(19-6-8-25(31(33,34)35)37-26(19)23)29-38-27(24(15-36)44-29)30(42)40-13-9-18(10-14-40)28(41)21-11-12-39(3)16-22(21)32/h5-8,11,16-18H,4,9-10,12-15,36H2,1-3H3. The van der Waals surface area contributed by atoms with Gasteiger partial charge < -0.3 is 24.7 Å². The van der Waals surface area contributed by atoms with Gasteiger partial charge in [-0.05, 0) is 50.5 Å². The molecule has 9 nitrogen and oxygen atoms in total. The minimum Gasteiger partial charge on any atom is -0.488 e. The highest BCUT2D eigenvalue weighted by molar-refractivity contribution is 6.01. The van der Waals surface area contributed by atoms with Crippen molar-refractivity contribution in [1.82, 2.24) is 19.8 Å². The lowest BCUT2D eigenvalue weighted by atomic mass is 9.87. The van der Waals surface area contributed by atoms with Gasteiger partial charge in [0.15, 0.2) is 17.2 Å². The molecule has 44 heavy (non-hydrogen) atoms. The summed E-state index contributed by atoms with van der Waals surface area (Å²) in [6.07, 6.45) is -0.741. The van der Waals surface area contributed by atoms with Crippen molar-refractivity contribution in [2.45, 2.75) is 51.9 Å². The van der Waals surface area contributed by atoms with Crippen LogP contribution in [-0.4, -0.2) is 64.2 Å². The van der Waals surface area contributed by atoms with Crippen LogP contribution in [0.3, 0.4) is 0 Å². The van der Waals surface area contributed by atoms with Gasteiger partial charge in [0.1, 0.15) is 22.8 Å². The van der Waals surface area contributed by atoms with Crippen LogP contribution in [0.5, 0.6) is 5.75 Å². The molecule has 1 aromatic carbocycles. The van der Waals surface area contributed by atoms with Crippen LogP contribution in [0.15, 0.2) is 52.4 Å². The molecule has 4 heterocycles. The lowest BCUT2D eigenvalue weighted by molar-refractivity contribution is -0.141. The number of likely N-dealkylation sites (N-methyl/N-ethyl adjacent to an activating group) is 1. The first-order chi connectivity index (χ1) is 20.9. The van der Waals surface area contributed by atoms with E-state index in [-0.39, 0.29) is 65.7 Å². The second kappa shape index (κ2) is 12.4. The fourth-order valence-electron chi connectivity index (χ4n) is 5.29. The number of aromatic nitrogens is 2. The molecule has 0 saturated carbocycles. The van der Waals surface area contributed by atoms with E-state index in [2.05, 4.69) is 9.97 Å². The smallest absolute Gasteiger partial charge is 0.433 e. The normalized spacial score (nSPS) is 17.0. The van der Waals surface area contributed by atoms with Crippen molar-refractivity contribution in [3.05, 3.63) is 65.1 Å². The number of carbonyl (C=O) groups is 2. The minimum absolute atomic E-state index is 0.00280. The van der Waals surface area contributed by atoms with Gasteiger partial charge >= 0.3 is 6.18 Å². The number of Topliss-reactive ketones (excluding diaryl/α,β-unsaturated/α-hetero) is 1. The molecule has 234 valence electrons. The molecule has 0 aliphatic carbocycles. The van der Waals surface area contributed by atoms with Gasteiger partial charge in [-0.2, -0.15) is 13.2 Å². The Balaban J connectivity index is 1.40. The molecule has 0 bridgehead atoms. The number of halogens is 4. The Kier molecular flexibility index (Phi) is 8.78. The summed E-state index contributed by atoms with van der Waals surface area (Å²) >= 11 is 0. The summed E-state index contributed by atoms with van der Waals surface area (Å²) in [7, 11) is 1.72. The molecule has 1 unspecified atom stereocenters. The second-order valence-electron chi connectivity index (χ2n) is 11.0. The highest BCUT2D eigenvalue weighted by atomic mass is 19.4. The zero-order valence-electron chi connectivity index (χ0n) is 24.6. The van der Waals surface area contributed by atoms with E-state index >= 15 is 0 Å². The summed E-state index contributed by atoms with van der Waals surface area (Å²) in [6.45, 7) is 4.46. The summed E-state index contributed by atoms with van der Waals surface area (Å²) in [4.78, 5) is 38.0. The van der Waals surface area contributed by atoms with Crippen molar-refractivity contribution in [3.63, 3.8) is 0 Å². The quantitative estimate of drug-likeness (QED) is 0.324. The number of amides is 1. The third kappa shape index (κ3) is 6.19. The predicted molar refractivity (Wildman–Crippen MR) is 154 cm³/mol. The lowest BCUT2D eigenvalue weighted by Crippen LogP contribution is -2.41. The number of ether oxygens (including phenoxy) is 1. The van der Waals surface area contributed by atoms with Crippen molar-refractivity contribution in [3.8, 4) is 17.2 Å². The summed E-state index contributed by atoms with van der Waals surface area (Å²) in [5.74, 6) is -1.44. The van der Waals surface area contributed by atoms with E-state index in [0.717, 1.165) is 6.07 Å². The number of nitrogens with zero attached hydrogens (tertiary/aromatic N) is 4. The molecule has 2 aliphatic heterocycles. The number of pyridine rings is 1. The maximum atomic E-state index is 14.4. The number of hydrogen-bond donors (Lipinski definition) is 1. The van der Waals surface area contributed by atoms with Crippen LogP contribution in [0.2, 0.25) is 0 Å². The average Bonchev–Trinajstić information content (AvgIpc) is 3.44. The monoisotopic (exact) mass is 615 g/mol. The van der Waals surface area contributed by atoms with Crippen LogP contribution >= 0.6 is 0 Å². The number of ketones is 1. The first-order valence-corrected chi connectivity index (χ1v) is 14.4. The molecule has 1 saturated heterocycles. The van der Waals surface area contributed by atoms with Gasteiger partial charge in [-0.15, -0.1) is 0 Å². The maximum Gasteiger partial charge on any atom is 0.433 e. The number of rotatable bonds is 8. The summed E-state index contributed by atoms with van der Waals surface area (Å²) in [6, 6.07) is 5.24. The number of allylic oxidation sites excluding steroid dienone is 2. The highest BCUT2D eigenvalue weighted by Gasteiger charge is 2.35. The molecule has 2 aromatic heterocycles. The number of hydrogen-bond acceptors (Lipinski definition) is 8. The van der Waals surface area contributed by atoms with Crippen molar-refractivity contribution >= 4 is 22.6 Å². The van der Waals surface area contributed by atoms with E-state index in [1.807, 2.05) is 6.92 Å². The third-order valence-corrected chi connectivity index (χ3v) is 7.92. The van der Waals surface area contributed by atoms with Gasteiger partial charge in [0.25, 0.3) is 5.91 Å². The Morgan fingerprint density at radius 2 is 1.89 bits per heavy atom. The van der Waals surface area contributed by atoms with Gasteiger partial charge in [0, 0.05) is 49.7 Å². The molecule has 1 amide bonds. The third-order valence-electron chi connectivity index (χ3n) is 7.92. The van der Waals surface area contributed by atoms with E-state index in [1.165, 1.54) is 23.2 Å². The summed E-state index contributed by atoms with van der Waals surface area (Å²) in [5, 5.41) is 0.298. The number of fused-ring (bicyclic) bond motifs is 1. The topological polar surface area (TPSA) is 115 Å². The minimum atomic E-state index is -4.67. The van der Waals surface area contributed by atoms with Crippen molar-refractivity contribution in [2.24, 2.45) is 11.7 Å². The van der Waals surface area contributed by atoms with Crippen LogP contribution in [0.1, 0.15) is 55.1 Å². The highest BCUT2D eigenvalue weighted by Crippen LogP contribution is 2.38. The van der Waals surface area contributed by atoms with E-state index in [1.54, 1.807) is 31.0 Å². The van der Waals surface area contributed by atoms with E-state index in [9.17, 15) is 27.2 Å². The van der Waals surface area contributed by atoms with E-state index in [0.29, 0.717) is 36.8 Å². The van der Waals surface area contributed by atoms with Gasteiger partial charge in [-0.1, -0.05) is 13.0 Å². The van der Waals surface area contributed by atoms with Gasteiger partial charge in [0.2, 0.25) is 5.89 Å². The first-order valence-electron chi connectivity index (χ1n) is 14.4. The molecule has 3 aromatic rings. The Bertz CT molecular complexity index is 1640. The van der Waals surface area contributed by atoms with Gasteiger partial charge in [-0.25, -0.2) is 14.4 Å². The number of alkyl halides is 3. The Morgan fingerprint density at radius 1 is 1.16 bits per heavy atom. The molecular formula is C31H33F4N5O4. The zero-order valence-corrected chi connectivity index (χ0v) is 24.6. The van der Waals surface area contributed by atoms with E-state index < -0.39 is 29.5 Å². The maximum absolute atomic E-state index is 14.4. The number of likely N-dealkylation sites (tertiary alicyclic amines) is 1. The van der Waals surface area contributed by atoms with Crippen LogP contribution in [0.25, 0.3) is 22.4 Å². The Morgan fingerprint density at radius 3 is 2.52 bits per heavy atom. The van der Waals surface area contributed by atoms with E-state index in [4.69, 9.17) is 14.9 Å². The van der Waals surface area contributed by atoms with Crippen LogP contribution in [0.4, 0.5) is 17.6 Å². The van der Waals surface area contributed by atoms with Crippen LogP contribution < -0.4 is 10.5 Å². The van der Waals surface area contributed by atoms with Crippen molar-refractivity contribution < 1.29 is 36.3 Å².